The van der Waals surface area contributed by atoms with Crippen LogP contribution in [0.25, 0.3) is 10.8 Å². The standard InChI is InChI=1S/C23H29F3N2O2/c1-4-5-6-7-14-30-18-13-9-11-16-10-8-12-17(20(16)18)21(23(24,25)26)28-22(2,3)15-19(29)27-28/h8-13,21H,4-7,14-15H2,1-3H3,(H,27,29)/t21-/m0/s1. The molecule has 0 radical (unpaired) electrons. The third-order valence-electron chi connectivity index (χ3n) is 5.51. The largest absolute Gasteiger partial charge is 0.493 e. The van der Waals surface area contributed by atoms with Crippen LogP contribution >= 0.6 is 0 Å². The summed E-state index contributed by atoms with van der Waals surface area (Å²) in [4.78, 5) is 11.9. The number of ether oxygens (including phenoxy) is 1. The third-order valence-corrected chi connectivity index (χ3v) is 5.51. The van der Waals surface area contributed by atoms with E-state index in [1.807, 2.05) is 0 Å². The van der Waals surface area contributed by atoms with Gasteiger partial charge in [0.25, 0.3) is 0 Å². The molecule has 30 heavy (non-hydrogen) atoms. The average Bonchev–Trinajstić information content (AvgIpc) is 2.92. The van der Waals surface area contributed by atoms with Crippen molar-refractivity contribution in [2.45, 2.75) is 70.6 Å². The highest BCUT2D eigenvalue weighted by Gasteiger charge is 2.53. The van der Waals surface area contributed by atoms with Crippen molar-refractivity contribution in [3.05, 3.63) is 42.0 Å². The van der Waals surface area contributed by atoms with Crippen molar-refractivity contribution in [3.8, 4) is 5.75 Å². The molecule has 1 amide bonds. The van der Waals surface area contributed by atoms with Gasteiger partial charge in [0, 0.05) is 17.3 Å². The molecule has 1 N–H and O–H groups in total. The van der Waals surface area contributed by atoms with E-state index in [0.29, 0.717) is 23.1 Å². The number of benzene rings is 2. The Labute approximate surface area is 175 Å². The number of carbonyl (C=O) groups excluding carboxylic acids is 1. The number of fused-ring (bicyclic) bond motifs is 1. The maximum absolute atomic E-state index is 14.3. The maximum Gasteiger partial charge on any atom is 0.409 e. The second-order valence-corrected chi connectivity index (χ2v) is 8.45. The van der Waals surface area contributed by atoms with Gasteiger partial charge in [-0.2, -0.15) is 18.2 Å². The SMILES string of the molecule is CCCCCCOc1cccc2cccc([C@H](N3NC(=O)CC3(C)C)C(F)(F)F)c12. The highest BCUT2D eigenvalue weighted by Crippen LogP contribution is 2.46. The van der Waals surface area contributed by atoms with Crippen LogP contribution in [0.2, 0.25) is 0 Å². The molecule has 1 aliphatic heterocycles. The summed E-state index contributed by atoms with van der Waals surface area (Å²) in [6.45, 7) is 5.85. The molecule has 2 aromatic carbocycles. The lowest BCUT2D eigenvalue weighted by molar-refractivity contribution is -0.203. The van der Waals surface area contributed by atoms with E-state index in [4.69, 9.17) is 4.74 Å². The lowest BCUT2D eigenvalue weighted by Crippen LogP contribution is -2.51. The van der Waals surface area contributed by atoms with Gasteiger partial charge < -0.3 is 4.74 Å². The predicted octanol–water partition coefficient (Wildman–Crippen LogP) is 5.92. The first-order chi connectivity index (χ1) is 14.1. The molecule has 0 bridgehead atoms. The fourth-order valence-corrected chi connectivity index (χ4v) is 4.07. The number of alkyl halides is 3. The predicted molar refractivity (Wildman–Crippen MR) is 111 cm³/mol. The van der Waals surface area contributed by atoms with Crippen LogP contribution in [0.5, 0.6) is 5.75 Å². The molecule has 0 saturated carbocycles. The van der Waals surface area contributed by atoms with Gasteiger partial charge in [-0.15, -0.1) is 0 Å². The quantitative estimate of drug-likeness (QED) is 0.537. The van der Waals surface area contributed by atoms with E-state index in [1.165, 1.54) is 6.07 Å². The van der Waals surface area contributed by atoms with Crippen LogP contribution in [0.4, 0.5) is 13.2 Å². The fraction of sp³-hybridized carbons (Fsp3) is 0.522. The van der Waals surface area contributed by atoms with E-state index >= 15 is 0 Å². The van der Waals surface area contributed by atoms with Gasteiger partial charge in [-0.3, -0.25) is 10.2 Å². The smallest absolute Gasteiger partial charge is 0.409 e. The molecule has 0 spiro atoms. The number of amides is 1. The van der Waals surface area contributed by atoms with Crippen LogP contribution in [-0.2, 0) is 4.79 Å². The summed E-state index contributed by atoms with van der Waals surface area (Å²) in [7, 11) is 0. The number of rotatable bonds is 8. The first-order valence-corrected chi connectivity index (χ1v) is 10.4. The Morgan fingerprint density at radius 1 is 1.13 bits per heavy atom. The molecular weight excluding hydrogens is 393 g/mol. The van der Waals surface area contributed by atoms with Crippen LogP contribution in [0.1, 0.15) is 64.5 Å². The summed E-state index contributed by atoms with van der Waals surface area (Å²) in [5.74, 6) is 0.0269. The molecule has 164 valence electrons. The number of halogens is 3. The molecule has 4 nitrogen and oxygen atoms in total. The first kappa shape index (κ1) is 22.4. The summed E-state index contributed by atoms with van der Waals surface area (Å²) in [5.41, 5.74) is 1.54. The van der Waals surface area contributed by atoms with Gasteiger partial charge in [-0.25, -0.2) is 0 Å². The van der Waals surface area contributed by atoms with Gasteiger partial charge in [0.1, 0.15) is 5.75 Å². The summed E-state index contributed by atoms with van der Waals surface area (Å²) >= 11 is 0. The van der Waals surface area contributed by atoms with Crippen molar-refractivity contribution in [2.75, 3.05) is 6.61 Å². The molecule has 0 aromatic heterocycles. The molecule has 2 aromatic rings. The Hall–Kier alpha value is -2.28. The van der Waals surface area contributed by atoms with Crippen molar-refractivity contribution in [1.29, 1.82) is 0 Å². The topological polar surface area (TPSA) is 41.6 Å². The Balaban J connectivity index is 2.05. The normalized spacial score (nSPS) is 17.9. The maximum atomic E-state index is 14.3. The second kappa shape index (κ2) is 8.84. The molecule has 1 saturated heterocycles. The summed E-state index contributed by atoms with van der Waals surface area (Å²) in [6.07, 6.45) is -0.507. The van der Waals surface area contributed by atoms with Gasteiger partial charge in [0.2, 0.25) is 5.91 Å². The van der Waals surface area contributed by atoms with E-state index < -0.39 is 23.7 Å². The second-order valence-electron chi connectivity index (χ2n) is 8.45. The molecule has 1 fully saturated rings. The Kier molecular flexibility index (Phi) is 6.60. The summed E-state index contributed by atoms with van der Waals surface area (Å²) < 4.78 is 49.0. The van der Waals surface area contributed by atoms with Gasteiger partial charge in [-0.1, -0.05) is 56.5 Å². The minimum atomic E-state index is -4.59. The van der Waals surface area contributed by atoms with E-state index in [2.05, 4.69) is 12.3 Å². The van der Waals surface area contributed by atoms with Gasteiger partial charge in [0.15, 0.2) is 6.04 Å². The molecule has 7 heteroatoms. The van der Waals surface area contributed by atoms with Crippen LogP contribution < -0.4 is 10.2 Å². The van der Waals surface area contributed by atoms with E-state index in [-0.39, 0.29) is 12.0 Å². The minimum absolute atomic E-state index is 0.00509. The Morgan fingerprint density at radius 3 is 2.43 bits per heavy atom. The zero-order valence-corrected chi connectivity index (χ0v) is 17.7. The lowest BCUT2D eigenvalue weighted by Gasteiger charge is -2.38. The number of hydrazine groups is 1. The van der Waals surface area contributed by atoms with Crippen molar-refractivity contribution in [1.82, 2.24) is 10.4 Å². The first-order valence-electron chi connectivity index (χ1n) is 10.4. The van der Waals surface area contributed by atoms with E-state index in [1.54, 1.807) is 44.2 Å². The molecule has 3 rings (SSSR count). The van der Waals surface area contributed by atoms with Gasteiger partial charge in [0.05, 0.1) is 6.61 Å². The van der Waals surface area contributed by atoms with Crippen LogP contribution in [0, 0.1) is 0 Å². The van der Waals surface area contributed by atoms with Crippen molar-refractivity contribution in [2.24, 2.45) is 0 Å². The highest BCUT2D eigenvalue weighted by molar-refractivity contribution is 5.92. The summed E-state index contributed by atoms with van der Waals surface area (Å²) in [6, 6.07) is 8.18. The van der Waals surface area contributed by atoms with E-state index in [9.17, 15) is 18.0 Å². The van der Waals surface area contributed by atoms with Crippen molar-refractivity contribution >= 4 is 16.7 Å². The average molecular weight is 422 g/mol. The van der Waals surface area contributed by atoms with Gasteiger partial charge in [-0.05, 0) is 37.3 Å². The number of hydrogen-bond acceptors (Lipinski definition) is 3. The Morgan fingerprint density at radius 2 is 1.83 bits per heavy atom. The molecule has 0 unspecified atom stereocenters. The molecule has 1 heterocycles. The molecule has 1 aliphatic rings. The number of carbonyl (C=O) groups is 1. The van der Waals surface area contributed by atoms with Crippen molar-refractivity contribution in [3.63, 3.8) is 0 Å². The molecule has 0 aliphatic carbocycles. The zero-order valence-electron chi connectivity index (χ0n) is 17.7. The van der Waals surface area contributed by atoms with Crippen molar-refractivity contribution < 1.29 is 22.7 Å². The fourth-order valence-electron chi connectivity index (χ4n) is 4.07. The monoisotopic (exact) mass is 422 g/mol. The molecule has 1 atom stereocenters. The number of unbranched alkanes of at least 4 members (excludes halogenated alkanes) is 3. The number of hydrogen-bond donors (Lipinski definition) is 1. The lowest BCUT2D eigenvalue weighted by atomic mass is 9.93. The van der Waals surface area contributed by atoms with Crippen LogP contribution in [0.3, 0.4) is 0 Å². The van der Waals surface area contributed by atoms with Crippen LogP contribution in [-0.4, -0.2) is 29.2 Å². The van der Waals surface area contributed by atoms with E-state index in [0.717, 1.165) is 30.7 Å². The Bertz CT molecular complexity index is 890. The number of nitrogens with zero attached hydrogens (tertiary/aromatic N) is 1. The minimum Gasteiger partial charge on any atom is -0.493 e. The van der Waals surface area contributed by atoms with Crippen LogP contribution in [0.15, 0.2) is 36.4 Å². The zero-order chi connectivity index (χ0) is 21.9. The number of nitrogens with one attached hydrogen (secondary N) is 1. The highest BCUT2D eigenvalue weighted by atomic mass is 19.4. The third kappa shape index (κ3) is 4.72. The summed E-state index contributed by atoms with van der Waals surface area (Å²) in [5, 5.41) is 2.16. The molecular formula is C23H29F3N2O2. The van der Waals surface area contributed by atoms with Gasteiger partial charge >= 0.3 is 6.18 Å².